The normalized spacial score (nSPS) is 11.9. The molecule has 0 rings (SSSR count). The molecule has 0 saturated heterocycles. The Morgan fingerprint density at radius 3 is 1.32 bits per heavy atom. The average molecular weight is 264 g/mol. The minimum Gasteiger partial charge on any atom is -0.0882 e. The van der Waals surface area contributed by atoms with Gasteiger partial charge in [0, 0.05) is 0 Å². The zero-order valence-electron chi connectivity index (χ0n) is 13.5. The Balaban J connectivity index is 3.14. The van der Waals surface area contributed by atoms with Gasteiger partial charge in [-0.15, -0.1) is 0 Å². The second-order valence-electron chi connectivity index (χ2n) is 5.58. The highest BCUT2D eigenvalue weighted by Crippen LogP contribution is 2.07. The minimum atomic E-state index is 1.13. The summed E-state index contributed by atoms with van der Waals surface area (Å²) >= 11 is 0. The molecule has 0 aromatic carbocycles. The average Bonchev–Trinajstić information content (AvgIpc) is 2.43. The zero-order valence-corrected chi connectivity index (χ0v) is 13.5. The van der Waals surface area contributed by atoms with E-state index in [9.17, 15) is 0 Å². The molecular formula is C19H36. The molecule has 0 heteroatoms. The monoisotopic (exact) mass is 264 g/mol. The summed E-state index contributed by atoms with van der Waals surface area (Å²) in [5.41, 5.74) is 0. The lowest BCUT2D eigenvalue weighted by Crippen LogP contribution is -1.76. The van der Waals surface area contributed by atoms with Gasteiger partial charge in [0.15, 0.2) is 0 Å². The summed E-state index contributed by atoms with van der Waals surface area (Å²) in [6.07, 6.45) is 27.0. The van der Waals surface area contributed by atoms with Crippen molar-refractivity contribution in [3.63, 3.8) is 0 Å². The topological polar surface area (TPSA) is 0 Å². The van der Waals surface area contributed by atoms with Crippen molar-refractivity contribution in [3.05, 3.63) is 24.3 Å². The van der Waals surface area contributed by atoms with Gasteiger partial charge in [-0.05, 0) is 32.1 Å². The Hall–Kier alpha value is -0.520. The van der Waals surface area contributed by atoms with Crippen LogP contribution in [0, 0.1) is 0 Å². The standard InChI is InChI=1S/C19H36/c1-3-5-7-9-11-13-15-17-19-18-16-14-12-10-8-6-4-2/h15-18H,3-14,19H2,1-2H3/b17-15+,18-16+. The third-order valence-electron chi connectivity index (χ3n) is 3.55. The molecule has 0 atom stereocenters. The van der Waals surface area contributed by atoms with Crippen LogP contribution in [0.3, 0.4) is 0 Å². The molecule has 112 valence electrons. The Bertz CT molecular complexity index is 178. The van der Waals surface area contributed by atoms with E-state index in [4.69, 9.17) is 0 Å². The Morgan fingerprint density at radius 2 is 0.895 bits per heavy atom. The molecule has 0 N–H and O–H groups in total. The maximum Gasteiger partial charge on any atom is -0.0169 e. The highest BCUT2D eigenvalue weighted by Gasteiger charge is 1.87. The molecular weight excluding hydrogens is 228 g/mol. The number of hydrogen-bond acceptors (Lipinski definition) is 0. The van der Waals surface area contributed by atoms with E-state index in [-0.39, 0.29) is 0 Å². The van der Waals surface area contributed by atoms with Crippen molar-refractivity contribution in [2.45, 2.75) is 97.3 Å². The van der Waals surface area contributed by atoms with Crippen LogP contribution in [-0.4, -0.2) is 0 Å². The van der Waals surface area contributed by atoms with Crippen molar-refractivity contribution >= 4 is 0 Å². The number of rotatable bonds is 14. The van der Waals surface area contributed by atoms with Crippen molar-refractivity contribution in [3.8, 4) is 0 Å². The second-order valence-corrected chi connectivity index (χ2v) is 5.58. The van der Waals surface area contributed by atoms with Gasteiger partial charge < -0.3 is 0 Å². The molecule has 0 radical (unpaired) electrons. The number of unbranched alkanes of at least 4 members (excludes halogenated alkanes) is 10. The van der Waals surface area contributed by atoms with Crippen molar-refractivity contribution < 1.29 is 0 Å². The van der Waals surface area contributed by atoms with Crippen molar-refractivity contribution in [2.75, 3.05) is 0 Å². The van der Waals surface area contributed by atoms with Gasteiger partial charge in [0.05, 0.1) is 0 Å². The smallest absolute Gasteiger partial charge is 0.0169 e. The molecule has 0 spiro atoms. The molecule has 0 aliphatic heterocycles. The van der Waals surface area contributed by atoms with Gasteiger partial charge in [-0.3, -0.25) is 0 Å². The first kappa shape index (κ1) is 18.5. The van der Waals surface area contributed by atoms with Crippen LogP contribution in [-0.2, 0) is 0 Å². The molecule has 0 heterocycles. The summed E-state index contributed by atoms with van der Waals surface area (Å²) in [5.74, 6) is 0. The first-order valence-corrected chi connectivity index (χ1v) is 8.71. The predicted octanol–water partition coefficient (Wildman–Crippen LogP) is 7.21. The van der Waals surface area contributed by atoms with Gasteiger partial charge in [-0.25, -0.2) is 0 Å². The molecule has 0 nitrogen and oxygen atoms in total. The highest BCUT2D eigenvalue weighted by atomic mass is 13.9. The van der Waals surface area contributed by atoms with E-state index >= 15 is 0 Å². The van der Waals surface area contributed by atoms with Crippen LogP contribution in [0.4, 0.5) is 0 Å². The molecule has 0 aliphatic rings. The predicted molar refractivity (Wildman–Crippen MR) is 89.6 cm³/mol. The van der Waals surface area contributed by atoms with Gasteiger partial charge >= 0.3 is 0 Å². The van der Waals surface area contributed by atoms with Crippen LogP contribution in [0.2, 0.25) is 0 Å². The maximum absolute atomic E-state index is 2.36. The quantitative estimate of drug-likeness (QED) is 0.230. The highest BCUT2D eigenvalue weighted by molar-refractivity contribution is 4.92. The maximum atomic E-state index is 2.36. The van der Waals surface area contributed by atoms with Crippen LogP contribution in [0.1, 0.15) is 97.3 Å². The third-order valence-corrected chi connectivity index (χ3v) is 3.55. The molecule has 0 bridgehead atoms. The minimum absolute atomic E-state index is 1.13. The molecule has 0 aromatic rings. The Kier molecular flexibility index (Phi) is 17.0. The number of allylic oxidation sites excluding steroid dienone is 4. The number of hydrogen-bond donors (Lipinski definition) is 0. The molecule has 0 amide bonds. The van der Waals surface area contributed by atoms with Crippen LogP contribution < -0.4 is 0 Å². The molecule has 19 heavy (non-hydrogen) atoms. The van der Waals surface area contributed by atoms with E-state index in [0.29, 0.717) is 0 Å². The fourth-order valence-electron chi connectivity index (χ4n) is 2.24. The first-order valence-electron chi connectivity index (χ1n) is 8.71. The van der Waals surface area contributed by atoms with E-state index in [1.54, 1.807) is 0 Å². The molecule has 0 fully saturated rings. The molecule has 0 aromatic heterocycles. The van der Waals surface area contributed by atoms with Crippen LogP contribution >= 0.6 is 0 Å². The lowest BCUT2D eigenvalue weighted by Gasteiger charge is -1.96. The van der Waals surface area contributed by atoms with Gasteiger partial charge in [-0.2, -0.15) is 0 Å². The Morgan fingerprint density at radius 1 is 0.474 bits per heavy atom. The van der Waals surface area contributed by atoms with E-state index < -0.39 is 0 Å². The van der Waals surface area contributed by atoms with Crippen molar-refractivity contribution in [1.82, 2.24) is 0 Å². The van der Waals surface area contributed by atoms with Crippen LogP contribution in [0.15, 0.2) is 24.3 Å². The van der Waals surface area contributed by atoms with E-state index in [1.165, 1.54) is 77.0 Å². The van der Waals surface area contributed by atoms with Crippen LogP contribution in [0.25, 0.3) is 0 Å². The summed E-state index contributed by atoms with van der Waals surface area (Å²) in [4.78, 5) is 0. The fraction of sp³-hybridized carbons (Fsp3) is 0.789. The van der Waals surface area contributed by atoms with Gasteiger partial charge in [-0.1, -0.05) is 89.5 Å². The van der Waals surface area contributed by atoms with E-state index in [2.05, 4.69) is 38.2 Å². The van der Waals surface area contributed by atoms with Crippen molar-refractivity contribution in [2.24, 2.45) is 0 Å². The lowest BCUT2D eigenvalue weighted by atomic mass is 10.1. The van der Waals surface area contributed by atoms with Crippen LogP contribution in [0.5, 0.6) is 0 Å². The summed E-state index contributed by atoms with van der Waals surface area (Å²) in [7, 11) is 0. The van der Waals surface area contributed by atoms with Gasteiger partial charge in [0.2, 0.25) is 0 Å². The molecule has 0 saturated carbocycles. The summed E-state index contributed by atoms with van der Waals surface area (Å²) < 4.78 is 0. The van der Waals surface area contributed by atoms with E-state index in [0.717, 1.165) is 6.42 Å². The fourth-order valence-corrected chi connectivity index (χ4v) is 2.24. The summed E-state index contributed by atoms with van der Waals surface area (Å²) in [6, 6.07) is 0. The summed E-state index contributed by atoms with van der Waals surface area (Å²) in [6.45, 7) is 4.55. The van der Waals surface area contributed by atoms with Crippen molar-refractivity contribution in [1.29, 1.82) is 0 Å². The van der Waals surface area contributed by atoms with E-state index in [1.807, 2.05) is 0 Å². The third kappa shape index (κ3) is 17.5. The summed E-state index contributed by atoms with van der Waals surface area (Å²) in [5, 5.41) is 0. The second kappa shape index (κ2) is 17.5. The molecule has 0 aliphatic carbocycles. The zero-order chi connectivity index (χ0) is 14.0. The first-order chi connectivity index (χ1) is 9.41. The SMILES string of the molecule is CCCCCCC/C=C/C/C=C/CCCCCCC. The largest absolute Gasteiger partial charge is 0.0882 e. The Labute approximate surface area is 122 Å². The van der Waals surface area contributed by atoms with Gasteiger partial charge in [0.1, 0.15) is 0 Å². The lowest BCUT2D eigenvalue weighted by molar-refractivity contribution is 0.637. The molecule has 0 unspecified atom stereocenters. The van der Waals surface area contributed by atoms with Gasteiger partial charge in [0.25, 0.3) is 0 Å².